The molecule has 2 aromatic carbocycles. The number of para-hydroxylation sites is 1. The van der Waals surface area contributed by atoms with Gasteiger partial charge in [0.25, 0.3) is 0 Å². The molecule has 0 saturated heterocycles. The highest BCUT2D eigenvalue weighted by molar-refractivity contribution is 6.31. The van der Waals surface area contributed by atoms with Crippen molar-refractivity contribution in [1.29, 1.82) is 0 Å². The number of nitrogens with two attached hydrogens (primary N) is 1. The van der Waals surface area contributed by atoms with Crippen LogP contribution in [-0.4, -0.2) is 6.36 Å². The minimum atomic E-state index is -4.74. The van der Waals surface area contributed by atoms with Crippen LogP contribution in [0.5, 0.6) is 5.75 Å². The summed E-state index contributed by atoms with van der Waals surface area (Å²) in [4.78, 5) is 0. The molecule has 0 aliphatic rings. The molecule has 0 atom stereocenters. The Morgan fingerprint density at radius 3 is 2.45 bits per heavy atom. The summed E-state index contributed by atoms with van der Waals surface area (Å²) in [5.74, 6) is -0.259. The van der Waals surface area contributed by atoms with Crippen molar-refractivity contribution in [2.24, 2.45) is 5.73 Å². The summed E-state index contributed by atoms with van der Waals surface area (Å²) in [7, 11) is 0. The van der Waals surface area contributed by atoms with E-state index in [1.165, 1.54) is 12.1 Å². The van der Waals surface area contributed by atoms with E-state index in [9.17, 15) is 13.2 Å². The van der Waals surface area contributed by atoms with Crippen molar-refractivity contribution >= 4 is 11.6 Å². The Bertz CT molecular complexity index is 614. The summed E-state index contributed by atoms with van der Waals surface area (Å²) in [6, 6.07) is 10.8. The molecule has 2 nitrogen and oxygen atoms in total. The van der Waals surface area contributed by atoms with Crippen molar-refractivity contribution in [1.82, 2.24) is 0 Å². The molecule has 0 aliphatic heterocycles. The van der Waals surface area contributed by atoms with Gasteiger partial charge in [0.2, 0.25) is 0 Å². The molecule has 2 aromatic rings. The SMILES string of the molecule is NCc1cc(-c2ccccc2OC(F)(F)F)ccc1Cl. The predicted octanol–water partition coefficient (Wildman–Crippen LogP) is 4.36. The molecule has 0 fully saturated rings. The molecule has 0 aromatic heterocycles. The van der Waals surface area contributed by atoms with Gasteiger partial charge in [-0.15, -0.1) is 13.2 Å². The molecular weight excluding hydrogens is 291 g/mol. The van der Waals surface area contributed by atoms with E-state index in [-0.39, 0.29) is 12.3 Å². The first-order valence-corrected chi connectivity index (χ1v) is 6.12. The molecule has 0 spiro atoms. The molecule has 0 amide bonds. The number of rotatable bonds is 3. The molecule has 0 aliphatic carbocycles. The topological polar surface area (TPSA) is 35.2 Å². The summed E-state index contributed by atoms with van der Waals surface area (Å²) < 4.78 is 41.2. The molecule has 20 heavy (non-hydrogen) atoms. The van der Waals surface area contributed by atoms with E-state index in [1.807, 2.05) is 0 Å². The second-order valence-corrected chi connectivity index (χ2v) is 4.46. The maximum absolute atomic E-state index is 12.4. The third-order valence-electron chi connectivity index (χ3n) is 2.69. The van der Waals surface area contributed by atoms with Gasteiger partial charge >= 0.3 is 6.36 Å². The van der Waals surface area contributed by atoms with Crippen LogP contribution in [0.15, 0.2) is 42.5 Å². The highest BCUT2D eigenvalue weighted by atomic mass is 35.5. The van der Waals surface area contributed by atoms with E-state index in [2.05, 4.69) is 4.74 Å². The van der Waals surface area contributed by atoms with Crippen molar-refractivity contribution in [2.45, 2.75) is 12.9 Å². The number of benzene rings is 2. The van der Waals surface area contributed by atoms with Crippen LogP contribution in [-0.2, 0) is 6.54 Å². The Kier molecular flexibility index (Phi) is 4.20. The molecular formula is C14H11ClF3NO. The van der Waals surface area contributed by atoms with E-state index >= 15 is 0 Å². The largest absolute Gasteiger partial charge is 0.573 e. The Labute approximate surface area is 118 Å². The summed E-state index contributed by atoms with van der Waals surface area (Å²) in [6.07, 6.45) is -4.74. The fourth-order valence-corrected chi connectivity index (χ4v) is 2.01. The van der Waals surface area contributed by atoms with E-state index < -0.39 is 6.36 Å². The third kappa shape index (κ3) is 3.43. The molecule has 0 bridgehead atoms. The molecule has 0 unspecified atom stereocenters. The van der Waals surface area contributed by atoms with Crippen molar-refractivity contribution in [3.8, 4) is 16.9 Å². The van der Waals surface area contributed by atoms with Gasteiger partial charge in [0.05, 0.1) is 0 Å². The van der Waals surface area contributed by atoms with Crippen LogP contribution < -0.4 is 10.5 Å². The van der Waals surface area contributed by atoms with Gasteiger partial charge in [-0.05, 0) is 29.3 Å². The molecule has 106 valence electrons. The number of hydrogen-bond donors (Lipinski definition) is 1. The monoisotopic (exact) mass is 301 g/mol. The first-order chi connectivity index (χ1) is 9.40. The van der Waals surface area contributed by atoms with Crippen molar-refractivity contribution < 1.29 is 17.9 Å². The first kappa shape index (κ1) is 14.7. The lowest BCUT2D eigenvalue weighted by atomic mass is 10.0. The van der Waals surface area contributed by atoms with Crippen LogP contribution in [0.2, 0.25) is 5.02 Å². The highest BCUT2D eigenvalue weighted by Gasteiger charge is 2.32. The lowest BCUT2D eigenvalue weighted by Gasteiger charge is -2.14. The smallest absolute Gasteiger partial charge is 0.405 e. The molecule has 2 rings (SSSR count). The van der Waals surface area contributed by atoms with E-state index in [0.717, 1.165) is 0 Å². The van der Waals surface area contributed by atoms with Gasteiger partial charge in [0, 0.05) is 17.1 Å². The Hall–Kier alpha value is -1.72. The number of halogens is 4. The van der Waals surface area contributed by atoms with Gasteiger partial charge in [-0.25, -0.2) is 0 Å². The van der Waals surface area contributed by atoms with E-state index in [4.69, 9.17) is 17.3 Å². The number of hydrogen-bond acceptors (Lipinski definition) is 2. The molecule has 2 N–H and O–H groups in total. The van der Waals surface area contributed by atoms with Crippen molar-refractivity contribution in [3.63, 3.8) is 0 Å². The fraction of sp³-hybridized carbons (Fsp3) is 0.143. The zero-order valence-electron chi connectivity index (χ0n) is 10.2. The van der Waals surface area contributed by atoms with Crippen LogP contribution in [0.1, 0.15) is 5.56 Å². The highest BCUT2D eigenvalue weighted by Crippen LogP contribution is 2.35. The Morgan fingerprint density at radius 2 is 1.80 bits per heavy atom. The molecule has 6 heteroatoms. The molecule has 0 radical (unpaired) electrons. The summed E-state index contributed by atoms with van der Waals surface area (Å²) in [5, 5.41) is 0.477. The van der Waals surface area contributed by atoms with E-state index in [1.54, 1.807) is 30.3 Å². The van der Waals surface area contributed by atoms with Crippen LogP contribution in [0.3, 0.4) is 0 Å². The lowest BCUT2D eigenvalue weighted by Crippen LogP contribution is -2.17. The summed E-state index contributed by atoms with van der Waals surface area (Å²) >= 11 is 5.94. The van der Waals surface area contributed by atoms with Crippen molar-refractivity contribution in [3.05, 3.63) is 53.1 Å². The maximum Gasteiger partial charge on any atom is 0.573 e. The second-order valence-electron chi connectivity index (χ2n) is 4.05. The molecule has 0 heterocycles. The summed E-state index contributed by atoms with van der Waals surface area (Å²) in [5.41, 5.74) is 7.09. The van der Waals surface area contributed by atoms with Crippen LogP contribution in [0.25, 0.3) is 11.1 Å². The van der Waals surface area contributed by atoms with Crippen LogP contribution in [0.4, 0.5) is 13.2 Å². The normalized spacial score (nSPS) is 11.4. The number of ether oxygens (including phenoxy) is 1. The zero-order chi connectivity index (χ0) is 14.8. The van der Waals surface area contributed by atoms with Crippen LogP contribution >= 0.6 is 11.6 Å². The fourth-order valence-electron chi connectivity index (χ4n) is 1.82. The Balaban J connectivity index is 2.47. The first-order valence-electron chi connectivity index (χ1n) is 5.74. The van der Waals surface area contributed by atoms with Gasteiger partial charge in [-0.3, -0.25) is 0 Å². The van der Waals surface area contributed by atoms with Crippen molar-refractivity contribution in [2.75, 3.05) is 0 Å². The average molecular weight is 302 g/mol. The van der Waals surface area contributed by atoms with Gasteiger partial charge in [0.1, 0.15) is 5.75 Å². The van der Waals surface area contributed by atoms with E-state index in [0.29, 0.717) is 21.7 Å². The van der Waals surface area contributed by atoms with Crippen LogP contribution in [0, 0.1) is 0 Å². The quantitative estimate of drug-likeness (QED) is 0.914. The second kappa shape index (κ2) is 5.73. The minimum Gasteiger partial charge on any atom is -0.405 e. The lowest BCUT2D eigenvalue weighted by molar-refractivity contribution is -0.274. The van der Waals surface area contributed by atoms with Gasteiger partial charge in [-0.2, -0.15) is 0 Å². The third-order valence-corrected chi connectivity index (χ3v) is 3.06. The van der Waals surface area contributed by atoms with Gasteiger partial charge < -0.3 is 10.5 Å². The minimum absolute atomic E-state index is 0.203. The Morgan fingerprint density at radius 1 is 1.10 bits per heavy atom. The summed E-state index contributed by atoms with van der Waals surface area (Å²) in [6.45, 7) is 0.203. The predicted molar refractivity (Wildman–Crippen MR) is 71.5 cm³/mol. The maximum atomic E-state index is 12.4. The standard InChI is InChI=1S/C14H11ClF3NO/c15-12-6-5-9(7-10(12)8-19)11-3-1-2-4-13(11)20-14(16,17)18/h1-7H,8,19H2. The van der Waals surface area contributed by atoms with Gasteiger partial charge in [0.15, 0.2) is 0 Å². The molecule has 0 saturated carbocycles. The average Bonchev–Trinajstić information content (AvgIpc) is 2.38. The number of alkyl halides is 3. The van der Waals surface area contributed by atoms with Gasteiger partial charge in [-0.1, -0.05) is 35.9 Å². The zero-order valence-corrected chi connectivity index (χ0v) is 11.0.